The summed E-state index contributed by atoms with van der Waals surface area (Å²) in [6, 6.07) is 6.14. The first-order valence-corrected chi connectivity index (χ1v) is 10.1. The van der Waals surface area contributed by atoms with Gasteiger partial charge in [-0.3, -0.25) is 4.79 Å². The van der Waals surface area contributed by atoms with E-state index in [9.17, 15) is 9.90 Å². The van der Waals surface area contributed by atoms with E-state index in [-0.39, 0.29) is 0 Å². The molecule has 1 rings (SSSR count). The van der Waals surface area contributed by atoms with Crippen LogP contribution >= 0.6 is 0 Å². The summed E-state index contributed by atoms with van der Waals surface area (Å²) in [4.78, 5) is 10.5. The van der Waals surface area contributed by atoms with Crippen LogP contribution in [0.4, 0.5) is 0 Å². The number of carbonyl (C=O) groups excluding carboxylic acids is 1. The van der Waals surface area contributed by atoms with Crippen molar-refractivity contribution in [2.24, 2.45) is 5.41 Å². The summed E-state index contributed by atoms with van der Waals surface area (Å²) in [5, 5.41) is 10.3. The van der Waals surface area contributed by atoms with Gasteiger partial charge in [0.05, 0.1) is 0 Å². The number of unbranched alkanes of at least 4 members (excludes halogenated alkanes) is 3. The number of aryl methyl sites for hydroxylation is 2. The van der Waals surface area contributed by atoms with Gasteiger partial charge < -0.3 is 9.84 Å². The van der Waals surface area contributed by atoms with E-state index in [1.54, 1.807) is 0 Å². The second-order valence-electron chi connectivity index (χ2n) is 9.27. The SMILES string of the molecule is CC(C)(C)CCCCCc1ccc(CCCCC(C)(C)OC=O)c(O)c1. The number of hydrogen-bond donors (Lipinski definition) is 1. The molecule has 0 atom stereocenters. The predicted molar refractivity (Wildman–Crippen MR) is 109 cm³/mol. The number of benzene rings is 1. The maximum absolute atomic E-state index is 10.5. The fourth-order valence-corrected chi connectivity index (χ4v) is 3.19. The molecule has 0 aliphatic heterocycles. The van der Waals surface area contributed by atoms with E-state index in [1.807, 2.05) is 19.9 Å². The lowest BCUT2D eigenvalue weighted by molar-refractivity contribution is -0.140. The van der Waals surface area contributed by atoms with Gasteiger partial charge >= 0.3 is 0 Å². The van der Waals surface area contributed by atoms with Crippen LogP contribution in [0.15, 0.2) is 18.2 Å². The van der Waals surface area contributed by atoms with E-state index in [4.69, 9.17) is 4.74 Å². The summed E-state index contributed by atoms with van der Waals surface area (Å²) in [6.07, 6.45) is 9.65. The molecule has 148 valence electrons. The standard InChI is InChI=1S/C23H38O3/c1-22(2,3)15-9-6-7-11-19-13-14-20(21(25)17-19)12-8-10-16-23(4,5)26-18-24/h13-14,17-18,25H,6-12,15-16H2,1-5H3. The van der Waals surface area contributed by atoms with E-state index < -0.39 is 5.60 Å². The van der Waals surface area contributed by atoms with E-state index >= 15 is 0 Å². The van der Waals surface area contributed by atoms with Crippen molar-refractivity contribution in [3.8, 4) is 5.75 Å². The monoisotopic (exact) mass is 362 g/mol. The number of carbonyl (C=O) groups is 1. The molecule has 0 amide bonds. The minimum atomic E-state index is -0.402. The molecular weight excluding hydrogens is 324 g/mol. The molecule has 3 heteroatoms. The van der Waals surface area contributed by atoms with Crippen LogP contribution in [-0.2, 0) is 22.4 Å². The lowest BCUT2D eigenvalue weighted by atomic mass is 9.89. The number of ether oxygens (including phenoxy) is 1. The second kappa shape index (κ2) is 10.6. The molecule has 0 aromatic heterocycles. The van der Waals surface area contributed by atoms with Gasteiger partial charge in [-0.15, -0.1) is 0 Å². The quantitative estimate of drug-likeness (QED) is 0.355. The van der Waals surface area contributed by atoms with Crippen LogP contribution < -0.4 is 0 Å². The fraction of sp³-hybridized carbons (Fsp3) is 0.696. The highest BCUT2D eigenvalue weighted by Gasteiger charge is 2.17. The topological polar surface area (TPSA) is 46.5 Å². The second-order valence-corrected chi connectivity index (χ2v) is 9.27. The summed E-state index contributed by atoms with van der Waals surface area (Å²) < 4.78 is 5.06. The minimum absolute atomic E-state index is 0.402. The molecule has 0 fully saturated rings. The Balaban J connectivity index is 2.32. The molecule has 0 unspecified atom stereocenters. The molecule has 0 aliphatic carbocycles. The van der Waals surface area contributed by atoms with E-state index in [0.29, 0.717) is 17.6 Å². The highest BCUT2D eigenvalue weighted by atomic mass is 16.5. The van der Waals surface area contributed by atoms with Crippen LogP contribution in [0.2, 0.25) is 0 Å². The van der Waals surface area contributed by atoms with Gasteiger partial charge in [0.2, 0.25) is 0 Å². The Morgan fingerprint density at radius 3 is 2.19 bits per heavy atom. The Kier molecular flexibility index (Phi) is 9.18. The number of hydrogen-bond acceptors (Lipinski definition) is 3. The summed E-state index contributed by atoms with van der Waals surface area (Å²) in [5.74, 6) is 0.417. The Labute approximate surface area is 160 Å². The van der Waals surface area contributed by atoms with Crippen molar-refractivity contribution < 1.29 is 14.6 Å². The highest BCUT2D eigenvalue weighted by molar-refractivity contribution is 5.38. The number of rotatable bonds is 12. The molecule has 0 heterocycles. The van der Waals surface area contributed by atoms with Crippen LogP contribution in [0.25, 0.3) is 0 Å². The van der Waals surface area contributed by atoms with E-state index in [2.05, 4.69) is 32.9 Å². The molecule has 0 aliphatic rings. The highest BCUT2D eigenvalue weighted by Crippen LogP contribution is 2.25. The van der Waals surface area contributed by atoms with Crippen molar-refractivity contribution >= 4 is 6.47 Å². The van der Waals surface area contributed by atoms with Crippen LogP contribution in [0, 0.1) is 5.41 Å². The molecule has 0 saturated heterocycles. The maximum atomic E-state index is 10.5. The molecule has 26 heavy (non-hydrogen) atoms. The molecule has 0 radical (unpaired) electrons. The molecule has 0 spiro atoms. The Hall–Kier alpha value is -1.51. The molecule has 0 bridgehead atoms. The van der Waals surface area contributed by atoms with Crippen molar-refractivity contribution in [3.05, 3.63) is 29.3 Å². The Morgan fingerprint density at radius 2 is 1.58 bits per heavy atom. The number of aromatic hydroxyl groups is 1. The van der Waals surface area contributed by atoms with Gasteiger partial charge in [0, 0.05) is 0 Å². The van der Waals surface area contributed by atoms with E-state index in [0.717, 1.165) is 37.7 Å². The molecule has 1 aromatic rings. The van der Waals surface area contributed by atoms with Gasteiger partial charge in [0.25, 0.3) is 6.47 Å². The first-order chi connectivity index (χ1) is 12.1. The fourth-order valence-electron chi connectivity index (χ4n) is 3.19. The molecule has 0 saturated carbocycles. The third-order valence-electron chi connectivity index (χ3n) is 4.88. The van der Waals surface area contributed by atoms with Crippen molar-refractivity contribution in [3.63, 3.8) is 0 Å². The Bertz CT molecular complexity index is 541. The van der Waals surface area contributed by atoms with Gasteiger partial charge in [0.15, 0.2) is 0 Å². The maximum Gasteiger partial charge on any atom is 0.293 e. The molecule has 1 N–H and O–H groups in total. The van der Waals surface area contributed by atoms with Crippen molar-refractivity contribution in [1.29, 1.82) is 0 Å². The summed E-state index contributed by atoms with van der Waals surface area (Å²) in [7, 11) is 0. The van der Waals surface area contributed by atoms with Gasteiger partial charge in [-0.05, 0) is 81.4 Å². The average molecular weight is 363 g/mol. The third kappa shape index (κ3) is 9.84. The minimum Gasteiger partial charge on any atom is -0.508 e. The van der Waals surface area contributed by atoms with Crippen LogP contribution in [0.1, 0.15) is 90.7 Å². The normalized spacial score (nSPS) is 12.2. The third-order valence-corrected chi connectivity index (χ3v) is 4.88. The van der Waals surface area contributed by atoms with E-state index in [1.165, 1.54) is 31.2 Å². The molecule has 3 nitrogen and oxygen atoms in total. The van der Waals surface area contributed by atoms with Crippen LogP contribution in [-0.4, -0.2) is 17.2 Å². The lowest BCUT2D eigenvalue weighted by Gasteiger charge is -2.22. The largest absolute Gasteiger partial charge is 0.508 e. The van der Waals surface area contributed by atoms with Gasteiger partial charge in [0.1, 0.15) is 11.4 Å². The summed E-state index contributed by atoms with van der Waals surface area (Å²) in [5.41, 5.74) is 2.26. The van der Waals surface area contributed by atoms with Crippen LogP contribution in [0.3, 0.4) is 0 Å². The number of phenolic OH excluding ortho intramolecular Hbond substituents is 1. The van der Waals surface area contributed by atoms with Gasteiger partial charge in [-0.1, -0.05) is 45.7 Å². The van der Waals surface area contributed by atoms with Gasteiger partial charge in [-0.2, -0.15) is 0 Å². The summed E-state index contributed by atoms with van der Waals surface area (Å²) in [6.45, 7) is 11.2. The number of phenols is 1. The summed E-state index contributed by atoms with van der Waals surface area (Å²) >= 11 is 0. The lowest BCUT2D eigenvalue weighted by Crippen LogP contribution is -2.23. The smallest absolute Gasteiger partial charge is 0.293 e. The molecular formula is C23H38O3. The zero-order valence-corrected chi connectivity index (χ0v) is 17.4. The average Bonchev–Trinajstić information content (AvgIpc) is 2.51. The zero-order valence-electron chi connectivity index (χ0n) is 17.4. The van der Waals surface area contributed by atoms with Gasteiger partial charge in [-0.25, -0.2) is 0 Å². The molecule has 1 aromatic carbocycles. The zero-order chi connectivity index (χ0) is 19.6. The predicted octanol–water partition coefficient (Wildman–Crippen LogP) is 6.21. The van der Waals surface area contributed by atoms with Crippen LogP contribution in [0.5, 0.6) is 5.75 Å². The Morgan fingerprint density at radius 1 is 0.923 bits per heavy atom. The van der Waals surface area contributed by atoms with Crippen molar-refractivity contribution in [2.75, 3.05) is 0 Å². The van der Waals surface area contributed by atoms with Crippen molar-refractivity contribution in [1.82, 2.24) is 0 Å². The first kappa shape index (κ1) is 22.5. The van der Waals surface area contributed by atoms with Crippen molar-refractivity contribution in [2.45, 2.75) is 98.0 Å². The first-order valence-electron chi connectivity index (χ1n) is 10.1.